The molecule has 0 fully saturated rings. The molecule has 0 saturated carbocycles. The topological polar surface area (TPSA) is 55.6 Å². The van der Waals surface area contributed by atoms with Gasteiger partial charge in [0.05, 0.1) is 17.9 Å². The zero-order valence-corrected chi connectivity index (χ0v) is 12.2. The highest BCUT2D eigenvalue weighted by Crippen LogP contribution is 2.15. The summed E-state index contributed by atoms with van der Waals surface area (Å²) in [5, 5.41) is 11.0. The first kappa shape index (κ1) is 12.8. The molecular formula is C14H12BrN5. The summed E-state index contributed by atoms with van der Waals surface area (Å²) in [4.78, 5) is 4.39. The van der Waals surface area contributed by atoms with Crippen molar-refractivity contribution < 1.29 is 0 Å². The minimum absolute atomic E-state index is 0.672. The average molecular weight is 330 g/mol. The van der Waals surface area contributed by atoms with E-state index in [2.05, 4.69) is 36.4 Å². The summed E-state index contributed by atoms with van der Waals surface area (Å²) in [6, 6.07) is 13.9. The Morgan fingerprint density at radius 3 is 2.65 bits per heavy atom. The molecule has 0 radical (unpaired) electrons. The van der Waals surface area contributed by atoms with Crippen LogP contribution in [0.4, 0.5) is 5.69 Å². The number of halogens is 1. The van der Waals surface area contributed by atoms with Crippen molar-refractivity contribution in [2.24, 2.45) is 0 Å². The molecule has 0 unspecified atom stereocenters. The molecule has 5 nitrogen and oxygen atoms in total. The lowest BCUT2D eigenvalue weighted by Gasteiger charge is -2.08. The first-order valence-electron chi connectivity index (χ1n) is 6.12. The van der Waals surface area contributed by atoms with Crippen molar-refractivity contribution in [3.63, 3.8) is 0 Å². The van der Waals surface area contributed by atoms with Crippen molar-refractivity contribution in [1.82, 2.24) is 19.7 Å². The van der Waals surface area contributed by atoms with Gasteiger partial charge in [-0.3, -0.25) is 4.57 Å². The van der Waals surface area contributed by atoms with Crippen LogP contribution in [0, 0.1) is 0 Å². The van der Waals surface area contributed by atoms with Gasteiger partial charge in [0.2, 0.25) is 0 Å². The van der Waals surface area contributed by atoms with E-state index in [1.807, 2.05) is 47.0 Å². The van der Waals surface area contributed by atoms with Gasteiger partial charge in [-0.1, -0.05) is 12.1 Å². The molecule has 1 aromatic carbocycles. The van der Waals surface area contributed by atoms with E-state index in [0.717, 1.165) is 21.7 Å². The SMILES string of the molecule is Brc1cccc(CNc2cccc(-n3cnnc3)c2)n1. The molecule has 2 aromatic heterocycles. The first-order chi connectivity index (χ1) is 9.81. The smallest absolute Gasteiger partial charge is 0.123 e. The summed E-state index contributed by atoms with van der Waals surface area (Å²) in [5.41, 5.74) is 3.02. The first-order valence-corrected chi connectivity index (χ1v) is 6.91. The summed E-state index contributed by atoms with van der Waals surface area (Å²) in [6.45, 7) is 0.672. The zero-order valence-electron chi connectivity index (χ0n) is 10.6. The van der Waals surface area contributed by atoms with E-state index in [1.54, 1.807) is 12.7 Å². The van der Waals surface area contributed by atoms with Crippen molar-refractivity contribution >= 4 is 21.6 Å². The maximum absolute atomic E-state index is 4.39. The predicted molar refractivity (Wildman–Crippen MR) is 80.6 cm³/mol. The van der Waals surface area contributed by atoms with E-state index in [-0.39, 0.29) is 0 Å². The van der Waals surface area contributed by atoms with Crippen molar-refractivity contribution in [2.45, 2.75) is 6.54 Å². The summed E-state index contributed by atoms with van der Waals surface area (Å²) in [6.07, 6.45) is 3.35. The van der Waals surface area contributed by atoms with Crippen LogP contribution in [-0.2, 0) is 6.54 Å². The molecule has 0 amide bonds. The Hall–Kier alpha value is -2.21. The molecule has 100 valence electrons. The van der Waals surface area contributed by atoms with E-state index in [1.165, 1.54) is 0 Å². The van der Waals surface area contributed by atoms with Crippen molar-refractivity contribution in [3.05, 3.63) is 65.4 Å². The van der Waals surface area contributed by atoms with Gasteiger partial charge in [0, 0.05) is 5.69 Å². The number of benzene rings is 1. The fraction of sp³-hybridized carbons (Fsp3) is 0.0714. The van der Waals surface area contributed by atoms with Crippen molar-refractivity contribution in [2.75, 3.05) is 5.32 Å². The third kappa shape index (κ3) is 3.03. The predicted octanol–water partition coefficient (Wildman–Crippen LogP) is 3.04. The number of hydrogen-bond acceptors (Lipinski definition) is 4. The fourth-order valence-corrected chi connectivity index (χ4v) is 2.23. The average Bonchev–Trinajstić information content (AvgIpc) is 3.00. The third-order valence-corrected chi connectivity index (χ3v) is 3.25. The van der Waals surface area contributed by atoms with Crippen LogP contribution in [-0.4, -0.2) is 19.7 Å². The maximum Gasteiger partial charge on any atom is 0.123 e. The van der Waals surface area contributed by atoms with E-state index >= 15 is 0 Å². The number of nitrogens with one attached hydrogen (secondary N) is 1. The largest absolute Gasteiger partial charge is 0.379 e. The highest BCUT2D eigenvalue weighted by molar-refractivity contribution is 9.10. The molecule has 2 heterocycles. The van der Waals surface area contributed by atoms with Gasteiger partial charge in [0.1, 0.15) is 17.3 Å². The highest BCUT2D eigenvalue weighted by atomic mass is 79.9. The molecule has 0 spiro atoms. The standard InChI is InChI=1S/C14H12BrN5/c15-14-6-2-4-12(19-14)8-16-11-3-1-5-13(7-11)20-9-17-18-10-20/h1-7,9-10,16H,8H2. The molecule has 3 aromatic rings. The Kier molecular flexibility index (Phi) is 3.73. The number of rotatable bonds is 4. The second kappa shape index (κ2) is 5.83. The van der Waals surface area contributed by atoms with Crippen LogP contribution in [0.15, 0.2) is 59.7 Å². The zero-order chi connectivity index (χ0) is 13.8. The number of nitrogens with zero attached hydrogens (tertiary/aromatic N) is 4. The van der Waals surface area contributed by atoms with Crippen LogP contribution in [0.5, 0.6) is 0 Å². The van der Waals surface area contributed by atoms with Crippen LogP contribution >= 0.6 is 15.9 Å². The molecule has 3 rings (SSSR count). The number of pyridine rings is 1. The highest BCUT2D eigenvalue weighted by Gasteiger charge is 2.00. The number of hydrogen-bond donors (Lipinski definition) is 1. The van der Waals surface area contributed by atoms with Gasteiger partial charge in [-0.05, 0) is 46.3 Å². The minimum Gasteiger partial charge on any atom is -0.379 e. The lowest BCUT2D eigenvalue weighted by atomic mass is 10.2. The molecular weight excluding hydrogens is 318 g/mol. The third-order valence-electron chi connectivity index (χ3n) is 2.81. The van der Waals surface area contributed by atoms with Gasteiger partial charge in [-0.15, -0.1) is 10.2 Å². The van der Waals surface area contributed by atoms with Crippen LogP contribution in [0.3, 0.4) is 0 Å². The normalized spacial score (nSPS) is 10.4. The molecule has 0 atom stereocenters. The second-order valence-electron chi connectivity index (χ2n) is 4.22. The summed E-state index contributed by atoms with van der Waals surface area (Å²) in [5.74, 6) is 0. The van der Waals surface area contributed by atoms with Crippen LogP contribution in [0.25, 0.3) is 5.69 Å². The van der Waals surface area contributed by atoms with Gasteiger partial charge in [0.15, 0.2) is 0 Å². The Balaban J connectivity index is 1.73. The molecule has 0 aliphatic rings. The Labute approximate surface area is 124 Å². The Morgan fingerprint density at radius 1 is 1.05 bits per heavy atom. The van der Waals surface area contributed by atoms with Gasteiger partial charge in [-0.2, -0.15) is 0 Å². The minimum atomic E-state index is 0.672. The van der Waals surface area contributed by atoms with Crippen molar-refractivity contribution in [1.29, 1.82) is 0 Å². The molecule has 6 heteroatoms. The lowest BCUT2D eigenvalue weighted by molar-refractivity contribution is 1.02. The van der Waals surface area contributed by atoms with Gasteiger partial charge >= 0.3 is 0 Å². The second-order valence-corrected chi connectivity index (χ2v) is 5.04. The molecule has 20 heavy (non-hydrogen) atoms. The summed E-state index contributed by atoms with van der Waals surface area (Å²) < 4.78 is 2.71. The monoisotopic (exact) mass is 329 g/mol. The fourth-order valence-electron chi connectivity index (χ4n) is 1.85. The van der Waals surface area contributed by atoms with Crippen LogP contribution in [0.1, 0.15) is 5.69 Å². The van der Waals surface area contributed by atoms with Crippen molar-refractivity contribution in [3.8, 4) is 5.69 Å². The quantitative estimate of drug-likeness (QED) is 0.747. The molecule has 0 aliphatic carbocycles. The summed E-state index contributed by atoms with van der Waals surface area (Å²) in [7, 11) is 0. The molecule has 0 aliphatic heterocycles. The molecule has 1 N–H and O–H groups in total. The molecule has 0 saturated heterocycles. The maximum atomic E-state index is 4.39. The molecule has 0 bridgehead atoms. The Morgan fingerprint density at radius 2 is 1.85 bits per heavy atom. The van der Waals surface area contributed by atoms with E-state index in [9.17, 15) is 0 Å². The van der Waals surface area contributed by atoms with Crippen LogP contribution in [0.2, 0.25) is 0 Å². The lowest BCUT2D eigenvalue weighted by Crippen LogP contribution is -2.02. The van der Waals surface area contributed by atoms with E-state index in [4.69, 9.17) is 0 Å². The summed E-state index contributed by atoms with van der Waals surface area (Å²) >= 11 is 3.37. The Bertz CT molecular complexity index is 696. The number of aromatic nitrogens is 4. The van der Waals surface area contributed by atoms with Gasteiger partial charge in [0.25, 0.3) is 0 Å². The number of anilines is 1. The van der Waals surface area contributed by atoms with Gasteiger partial charge in [-0.25, -0.2) is 4.98 Å². The van der Waals surface area contributed by atoms with E-state index < -0.39 is 0 Å². The van der Waals surface area contributed by atoms with E-state index in [0.29, 0.717) is 6.54 Å². The van der Waals surface area contributed by atoms with Gasteiger partial charge < -0.3 is 5.32 Å². The van der Waals surface area contributed by atoms with Crippen LogP contribution < -0.4 is 5.32 Å².